The largest absolute Gasteiger partial charge is 0.497 e. The first-order chi connectivity index (χ1) is 12.6. The molecule has 1 aromatic heterocycles. The van der Waals surface area contributed by atoms with Gasteiger partial charge in [-0.05, 0) is 23.3 Å². The van der Waals surface area contributed by atoms with Crippen molar-refractivity contribution in [3.05, 3.63) is 64.6 Å². The quantitative estimate of drug-likeness (QED) is 0.667. The van der Waals surface area contributed by atoms with Crippen LogP contribution in [0.25, 0.3) is 11.1 Å². The Bertz CT molecular complexity index is 893. The van der Waals surface area contributed by atoms with E-state index in [0.29, 0.717) is 11.5 Å². The summed E-state index contributed by atoms with van der Waals surface area (Å²) in [5.74, 6) is 0.285. The molecule has 134 valence electrons. The SMILES string of the molecule is COc1ccc(-c2cccc(C(CC(=O)O)c3nccs3)c2)c(OC)c1. The fraction of sp³-hybridized carbons (Fsp3) is 0.200. The van der Waals surface area contributed by atoms with Crippen LogP contribution in [0, 0.1) is 0 Å². The molecule has 0 spiro atoms. The summed E-state index contributed by atoms with van der Waals surface area (Å²) in [5, 5.41) is 12.0. The molecule has 3 aromatic rings. The first kappa shape index (κ1) is 17.9. The van der Waals surface area contributed by atoms with Gasteiger partial charge in [0.05, 0.1) is 20.6 Å². The molecule has 1 heterocycles. The minimum atomic E-state index is -0.849. The molecule has 3 rings (SSSR count). The van der Waals surface area contributed by atoms with Crippen molar-refractivity contribution < 1.29 is 19.4 Å². The van der Waals surface area contributed by atoms with Gasteiger partial charge in [-0.3, -0.25) is 4.79 Å². The Morgan fingerprint density at radius 2 is 2.04 bits per heavy atom. The Morgan fingerprint density at radius 3 is 2.69 bits per heavy atom. The summed E-state index contributed by atoms with van der Waals surface area (Å²) in [6.07, 6.45) is 1.70. The van der Waals surface area contributed by atoms with Crippen molar-refractivity contribution in [2.24, 2.45) is 0 Å². The summed E-state index contributed by atoms with van der Waals surface area (Å²) >= 11 is 1.47. The molecule has 0 aliphatic carbocycles. The highest BCUT2D eigenvalue weighted by atomic mass is 32.1. The third-order valence-corrected chi connectivity index (χ3v) is 5.03. The predicted molar refractivity (Wildman–Crippen MR) is 101 cm³/mol. The number of aliphatic carboxylic acids is 1. The number of carboxylic acid groups (broad SMARTS) is 1. The van der Waals surface area contributed by atoms with Crippen LogP contribution in [0.1, 0.15) is 22.9 Å². The third kappa shape index (κ3) is 3.86. The lowest BCUT2D eigenvalue weighted by Gasteiger charge is -2.15. The van der Waals surface area contributed by atoms with E-state index in [1.54, 1.807) is 20.4 Å². The number of benzene rings is 2. The van der Waals surface area contributed by atoms with Gasteiger partial charge in [0.15, 0.2) is 0 Å². The average Bonchev–Trinajstić information content (AvgIpc) is 3.20. The zero-order valence-corrected chi connectivity index (χ0v) is 15.3. The van der Waals surface area contributed by atoms with Crippen LogP contribution >= 0.6 is 11.3 Å². The van der Waals surface area contributed by atoms with Gasteiger partial charge in [-0.1, -0.05) is 24.3 Å². The number of hydrogen-bond donors (Lipinski definition) is 1. The maximum absolute atomic E-state index is 11.3. The van der Waals surface area contributed by atoms with Crippen LogP contribution < -0.4 is 9.47 Å². The van der Waals surface area contributed by atoms with Gasteiger partial charge >= 0.3 is 5.97 Å². The Balaban J connectivity index is 2.03. The normalized spacial score (nSPS) is 11.8. The van der Waals surface area contributed by atoms with Gasteiger partial charge in [-0.15, -0.1) is 11.3 Å². The van der Waals surface area contributed by atoms with E-state index >= 15 is 0 Å². The number of methoxy groups -OCH3 is 2. The molecule has 1 atom stereocenters. The number of aromatic nitrogens is 1. The minimum Gasteiger partial charge on any atom is -0.497 e. The molecule has 0 saturated heterocycles. The van der Waals surface area contributed by atoms with E-state index in [9.17, 15) is 9.90 Å². The number of carboxylic acids is 1. The lowest BCUT2D eigenvalue weighted by molar-refractivity contribution is -0.137. The molecule has 26 heavy (non-hydrogen) atoms. The number of rotatable bonds is 7. The van der Waals surface area contributed by atoms with E-state index in [1.807, 2.05) is 47.8 Å². The highest BCUT2D eigenvalue weighted by molar-refractivity contribution is 7.09. The summed E-state index contributed by atoms with van der Waals surface area (Å²) in [6, 6.07) is 13.5. The van der Waals surface area contributed by atoms with Crippen molar-refractivity contribution in [1.29, 1.82) is 0 Å². The highest BCUT2D eigenvalue weighted by Crippen LogP contribution is 2.36. The molecular weight excluding hydrogens is 350 g/mol. The fourth-order valence-corrected chi connectivity index (χ4v) is 3.66. The molecule has 1 unspecified atom stereocenters. The van der Waals surface area contributed by atoms with Gasteiger partial charge in [0, 0.05) is 29.1 Å². The van der Waals surface area contributed by atoms with Crippen LogP contribution in [0.2, 0.25) is 0 Å². The third-order valence-electron chi connectivity index (χ3n) is 4.14. The molecule has 0 saturated carbocycles. The van der Waals surface area contributed by atoms with E-state index in [0.717, 1.165) is 21.7 Å². The van der Waals surface area contributed by atoms with Crippen LogP contribution in [-0.2, 0) is 4.79 Å². The fourth-order valence-electron chi connectivity index (χ4n) is 2.89. The summed E-state index contributed by atoms with van der Waals surface area (Å²) in [5.41, 5.74) is 2.79. The molecule has 0 fully saturated rings. The Morgan fingerprint density at radius 1 is 1.19 bits per heavy atom. The monoisotopic (exact) mass is 369 g/mol. The van der Waals surface area contributed by atoms with Crippen molar-refractivity contribution in [2.45, 2.75) is 12.3 Å². The maximum atomic E-state index is 11.3. The second-order valence-electron chi connectivity index (χ2n) is 5.71. The molecule has 0 bridgehead atoms. The van der Waals surface area contributed by atoms with Crippen molar-refractivity contribution >= 4 is 17.3 Å². The summed E-state index contributed by atoms with van der Waals surface area (Å²) < 4.78 is 10.7. The Kier molecular flexibility index (Phi) is 5.53. The van der Waals surface area contributed by atoms with Crippen LogP contribution in [0.4, 0.5) is 0 Å². The highest BCUT2D eigenvalue weighted by Gasteiger charge is 2.21. The predicted octanol–water partition coefficient (Wildman–Crippen LogP) is 4.43. The lowest BCUT2D eigenvalue weighted by atomic mass is 9.92. The standard InChI is InChI=1S/C20H19NO4S/c1-24-15-6-7-16(18(11-15)25-2)13-4-3-5-14(10-13)17(12-19(22)23)20-21-8-9-26-20/h3-11,17H,12H2,1-2H3,(H,22,23). The summed E-state index contributed by atoms with van der Waals surface area (Å²) in [6.45, 7) is 0. The Hall–Kier alpha value is -2.86. The van der Waals surface area contributed by atoms with Gasteiger partial charge in [0.1, 0.15) is 16.5 Å². The number of nitrogens with zero attached hydrogens (tertiary/aromatic N) is 1. The zero-order chi connectivity index (χ0) is 18.5. The van der Waals surface area contributed by atoms with Gasteiger partial charge in [-0.25, -0.2) is 4.98 Å². The van der Waals surface area contributed by atoms with E-state index in [1.165, 1.54) is 11.3 Å². The number of hydrogen-bond acceptors (Lipinski definition) is 5. The summed E-state index contributed by atoms with van der Waals surface area (Å²) in [4.78, 5) is 15.7. The number of thiazole rings is 1. The molecule has 6 heteroatoms. The van der Waals surface area contributed by atoms with E-state index in [2.05, 4.69) is 4.98 Å². The zero-order valence-electron chi connectivity index (χ0n) is 14.5. The number of carbonyl (C=O) groups is 1. The first-order valence-corrected chi connectivity index (χ1v) is 8.94. The first-order valence-electron chi connectivity index (χ1n) is 8.06. The molecule has 2 aromatic carbocycles. The van der Waals surface area contributed by atoms with E-state index < -0.39 is 5.97 Å². The number of ether oxygens (including phenoxy) is 2. The van der Waals surface area contributed by atoms with Gasteiger partial charge in [0.25, 0.3) is 0 Å². The van der Waals surface area contributed by atoms with Crippen LogP contribution in [0.3, 0.4) is 0 Å². The average molecular weight is 369 g/mol. The van der Waals surface area contributed by atoms with Crippen LogP contribution in [-0.4, -0.2) is 30.3 Å². The topological polar surface area (TPSA) is 68.7 Å². The minimum absolute atomic E-state index is 0.00326. The lowest BCUT2D eigenvalue weighted by Crippen LogP contribution is -2.07. The van der Waals surface area contributed by atoms with Gasteiger partial charge < -0.3 is 14.6 Å². The molecule has 0 radical (unpaired) electrons. The molecule has 5 nitrogen and oxygen atoms in total. The Labute approximate surface area is 155 Å². The second kappa shape index (κ2) is 8.01. The van der Waals surface area contributed by atoms with Crippen molar-refractivity contribution in [1.82, 2.24) is 4.98 Å². The van der Waals surface area contributed by atoms with Crippen molar-refractivity contribution in [3.8, 4) is 22.6 Å². The molecule has 0 aliphatic rings. The molecule has 0 aliphatic heterocycles. The van der Waals surface area contributed by atoms with Crippen LogP contribution in [0.15, 0.2) is 54.0 Å². The summed E-state index contributed by atoms with van der Waals surface area (Å²) in [7, 11) is 3.23. The van der Waals surface area contributed by atoms with E-state index in [4.69, 9.17) is 9.47 Å². The molecule has 1 N–H and O–H groups in total. The second-order valence-corrected chi connectivity index (χ2v) is 6.64. The van der Waals surface area contributed by atoms with Gasteiger partial charge in [0.2, 0.25) is 0 Å². The smallest absolute Gasteiger partial charge is 0.304 e. The maximum Gasteiger partial charge on any atom is 0.304 e. The molecular formula is C20H19NO4S. The van der Waals surface area contributed by atoms with Gasteiger partial charge in [-0.2, -0.15) is 0 Å². The van der Waals surface area contributed by atoms with Crippen LogP contribution in [0.5, 0.6) is 11.5 Å². The van der Waals surface area contributed by atoms with E-state index in [-0.39, 0.29) is 12.3 Å². The van der Waals surface area contributed by atoms with Crippen molar-refractivity contribution in [2.75, 3.05) is 14.2 Å². The molecule has 0 amide bonds. The van der Waals surface area contributed by atoms with Crippen molar-refractivity contribution in [3.63, 3.8) is 0 Å².